The van der Waals surface area contributed by atoms with Crippen LogP contribution in [0.2, 0.25) is 0 Å². The molecule has 6 nitrogen and oxygen atoms in total. The van der Waals surface area contributed by atoms with Crippen LogP contribution in [0.25, 0.3) is 5.69 Å². The number of carbonyl (C=O) groups is 1. The van der Waals surface area contributed by atoms with Gasteiger partial charge in [0.15, 0.2) is 0 Å². The van der Waals surface area contributed by atoms with E-state index >= 15 is 0 Å². The maximum atomic E-state index is 13.9. The largest absolute Gasteiger partial charge is 0.438 e. The van der Waals surface area contributed by atoms with Crippen LogP contribution in [-0.4, -0.2) is 32.8 Å². The molecule has 1 aromatic heterocycles. The van der Waals surface area contributed by atoms with Crippen molar-refractivity contribution in [3.8, 4) is 17.3 Å². The molecule has 0 saturated carbocycles. The highest BCUT2D eigenvalue weighted by atomic mass is 19.1. The Balaban J connectivity index is 2.13. The second-order valence-electron chi connectivity index (χ2n) is 9.73. The summed E-state index contributed by atoms with van der Waals surface area (Å²) in [7, 11) is 0. The van der Waals surface area contributed by atoms with Gasteiger partial charge in [-0.3, -0.25) is 0 Å². The fraction of sp³-hybridized carbons (Fsp3) is 0.407. The SMILES string of the molecule is CCCN(Cc1c(C(C)C)nn(-c2ccccc2)c1Oc1cccc(F)c1)C(=O)NC(C)(C)C. The highest BCUT2D eigenvalue weighted by Crippen LogP contribution is 2.35. The lowest BCUT2D eigenvalue weighted by molar-refractivity contribution is 0.185. The molecule has 1 N–H and O–H groups in total. The van der Waals surface area contributed by atoms with E-state index in [-0.39, 0.29) is 23.3 Å². The Morgan fingerprint density at radius 2 is 1.85 bits per heavy atom. The van der Waals surface area contributed by atoms with Gasteiger partial charge in [-0.1, -0.05) is 45.0 Å². The van der Waals surface area contributed by atoms with Gasteiger partial charge in [0.1, 0.15) is 11.6 Å². The number of halogens is 1. The predicted molar refractivity (Wildman–Crippen MR) is 133 cm³/mol. The van der Waals surface area contributed by atoms with Crippen molar-refractivity contribution in [2.75, 3.05) is 6.54 Å². The first-order valence-electron chi connectivity index (χ1n) is 11.8. The number of para-hydroxylation sites is 1. The minimum absolute atomic E-state index is 0.0870. The number of carbonyl (C=O) groups excluding carboxylic acids is 1. The van der Waals surface area contributed by atoms with Gasteiger partial charge in [-0.05, 0) is 57.4 Å². The molecule has 0 saturated heterocycles. The maximum absolute atomic E-state index is 13.9. The highest BCUT2D eigenvalue weighted by Gasteiger charge is 2.27. The summed E-state index contributed by atoms with van der Waals surface area (Å²) in [5.74, 6) is 0.551. The Hall–Kier alpha value is -3.35. The van der Waals surface area contributed by atoms with Crippen LogP contribution in [0.1, 0.15) is 65.1 Å². The number of nitrogens with zero attached hydrogens (tertiary/aromatic N) is 3. The second-order valence-corrected chi connectivity index (χ2v) is 9.73. The van der Waals surface area contributed by atoms with Gasteiger partial charge in [0, 0.05) is 18.2 Å². The molecule has 1 heterocycles. The molecule has 7 heteroatoms. The molecule has 2 amide bonds. The van der Waals surface area contributed by atoms with Crippen LogP contribution >= 0.6 is 0 Å². The van der Waals surface area contributed by atoms with Crippen LogP contribution in [-0.2, 0) is 6.54 Å². The van der Waals surface area contributed by atoms with Gasteiger partial charge in [-0.2, -0.15) is 5.10 Å². The fourth-order valence-electron chi connectivity index (χ4n) is 3.67. The average molecular weight is 467 g/mol. The molecule has 0 unspecified atom stereocenters. The second kappa shape index (κ2) is 10.7. The molecule has 182 valence electrons. The van der Waals surface area contributed by atoms with Crippen molar-refractivity contribution in [2.24, 2.45) is 0 Å². The molecule has 0 fully saturated rings. The molecular weight excluding hydrogens is 431 g/mol. The van der Waals surface area contributed by atoms with Crippen molar-refractivity contribution in [3.05, 3.63) is 71.7 Å². The van der Waals surface area contributed by atoms with Gasteiger partial charge >= 0.3 is 6.03 Å². The van der Waals surface area contributed by atoms with Gasteiger partial charge in [0.25, 0.3) is 0 Å². The van der Waals surface area contributed by atoms with E-state index < -0.39 is 0 Å². The zero-order valence-electron chi connectivity index (χ0n) is 20.9. The highest BCUT2D eigenvalue weighted by molar-refractivity contribution is 5.75. The third-order valence-electron chi connectivity index (χ3n) is 5.14. The predicted octanol–water partition coefficient (Wildman–Crippen LogP) is 6.65. The van der Waals surface area contributed by atoms with Crippen molar-refractivity contribution < 1.29 is 13.9 Å². The number of aromatic nitrogens is 2. The molecule has 0 atom stereocenters. The maximum Gasteiger partial charge on any atom is 0.318 e. The number of urea groups is 1. The summed E-state index contributed by atoms with van der Waals surface area (Å²) in [6.07, 6.45) is 0.807. The summed E-state index contributed by atoms with van der Waals surface area (Å²) < 4.78 is 21.9. The summed E-state index contributed by atoms with van der Waals surface area (Å²) in [4.78, 5) is 14.9. The number of hydrogen-bond donors (Lipinski definition) is 1. The van der Waals surface area contributed by atoms with Gasteiger partial charge < -0.3 is 15.0 Å². The van der Waals surface area contributed by atoms with Gasteiger partial charge in [-0.15, -0.1) is 0 Å². The van der Waals surface area contributed by atoms with E-state index in [9.17, 15) is 9.18 Å². The quantitative estimate of drug-likeness (QED) is 0.404. The smallest absolute Gasteiger partial charge is 0.318 e. The van der Waals surface area contributed by atoms with E-state index in [1.807, 2.05) is 58.0 Å². The molecule has 0 bridgehead atoms. The molecule has 0 spiro atoms. The van der Waals surface area contributed by atoms with Crippen LogP contribution in [0.5, 0.6) is 11.6 Å². The Morgan fingerprint density at radius 3 is 2.44 bits per heavy atom. The van der Waals surface area contributed by atoms with Gasteiger partial charge in [-0.25, -0.2) is 13.9 Å². The van der Waals surface area contributed by atoms with Crippen molar-refractivity contribution in [3.63, 3.8) is 0 Å². The summed E-state index contributed by atoms with van der Waals surface area (Å²) in [6, 6.07) is 15.6. The molecule has 0 aliphatic carbocycles. The molecule has 0 aliphatic heterocycles. The van der Waals surface area contributed by atoms with Crippen molar-refractivity contribution in [2.45, 2.75) is 66.0 Å². The Labute approximate surface area is 201 Å². The molecule has 0 radical (unpaired) electrons. The lowest BCUT2D eigenvalue weighted by Crippen LogP contribution is -2.48. The van der Waals surface area contributed by atoms with Gasteiger partial charge in [0.2, 0.25) is 5.88 Å². The third-order valence-corrected chi connectivity index (χ3v) is 5.14. The van der Waals surface area contributed by atoms with E-state index in [2.05, 4.69) is 19.2 Å². The summed E-state index contributed by atoms with van der Waals surface area (Å²) in [5, 5.41) is 7.94. The molecule has 34 heavy (non-hydrogen) atoms. The lowest BCUT2D eigenvalue weighted by atomic mass is 10.1. The van der Waals surface area contributed by atoms with Crippen LogP contribution in [0, 0.1) is 5.82 Å². The number of ether oxygens (including phenoxy) is 1. The first-order chi connectivity index (χ1) is 16.1. The number of amides is 2. The van der Waals surface area contributed by atoms with Crippen LogP contribution < -0.4 is 10.1 Å². The fourth-order valence-corrected chi connectivity index (χ4v) is 3.67. The molecule has 3 rings (SSSR count). The minimum atomic E-state index is -0.383. The average Bonchev–Trinajstić information content (AvgIpc) is 3.11. The molecule has 2 aromatic carbocycles. The molecule has 0 aliphatic rings. The zero-order valence-corrected chi connectivity index (χ0v) is 20.9. The van der Waals surface area contributed by atoms with E-state index in [1.165, 1.54) is 12.1 Å². The third kappa shape index (κ3) is 6.37. The Morgan fingerprint density at radius 1 is 1.15 bits per heavy atom. The van der Waals surface area contributed by atoms with Crippen molar-refractivity contribution in [1.82, 2.24) is 20.0 Å². The summed E-state index contributed by atoms with van der Waals surface area (Å²) >= 11 is 0. The first-order valence-corrected chi connectivity index (χ1v) is 11.8. The topological polar surface area (TPSA) is 59.4 Å². The van der Waals surface area contributed by atoms with Gasteiger partial charge in [0.05, 0.1) is 23.5 Å². The summed E-state index contributed by atoms with van der Waals surface area (Å²) in [6.45, 7) is 12.9. The zero-order chi connectivity index (χ0) is 24.9. The summed E-state index contributed by atoms with van der Waals surface area (Å²) in [5.41, 5.74) is 2.10. The standard InChI is InChI=1S/C27H35FN4O2/c1-7-16-31(26(33)29-27(4,5)6)18-23-24(19(2)3)30-32(21-13-9-8-10-14-21)25(23)34-22-15-11-12-20(28)17-22/h8-15,17,19H,7,16,18H2,1-6H3,(H,29,33). The molecular formula is C27H35FN4O2. The monoisotopic (exact) mass is 466 g/mol. The van der Waals surface area contributed by atoms with Crippen molar-refractivity contribution in [1.29, 1.82) is 0 Å². The minimum Gasteiger partial charge on any atom is -0.438 e. The van der Waals surface area contributed by atoms with E-state index in [0.29, 0.717) is 24.7 Å². The normalized spacial score (nSPS) is 11.5. The number of hydrogen-bond acceptors (Lipinski definition) is 3. The van der Waals surface area contributed by atoms with Crippen molar-refractivity contribution >= 4 is 6.03 Å². The van der Waals surface area contributed by atoms with Crippen LogP contribution in [0.3, 0.4) is 0 Å². The molecule has 3 aromatic rings. The van der Waals surface area contributed by atoms with E-state index in [4.69, 9.17) is 9.84 Å². The number of nitrogens with one attached hydrogen (secondary N) is 1. The van der Waals surface area contributed by atoms with Crippen LogP contribution in [0.15, 0.2) is 54.6 Å². The van der Waals surface area contributed by atoms with Crippen LogP contribution in [0.4, 0.5) is 9.18 Å². The first kappa shape index (κ1) is 25.3. The Bertz CT molecular complexity index is 1100. The lowest BCUT2D eigenvalue weighted by Gasteiger charge is -2.28. The van der Waals surface area contributed by atoms with E-state index in [0.717, 1.165) is 23.4 Å². The number of benzene rings is 2. The number of rotatable bonds is 8. The Kier molecular flexibility index (Phi) is 7.97. The van der Waals surface area contributed by atoms with E-state index in [1.54, 1.807) is 21.7 Å².